The molecule has 0 aliphatic carbocycles. The van der Waals surface area contributed by atoms with E-state index >= 15 is 0 Å². The van der Waals surface area contributed by atoms with E-state index in [2.05, 4.69) is 78.1 Å². The van der Waals surface area contributed by atoms with Gasteiger partial charge in [0, 0.05) is 36.1 Å². The van der Waals surface area contributed by atoms with Crippen LogP contribution in [0.5, 0.6) is 0 Å². The molecule has 0 bridgehead atoms. The van der Waals surface area contributed by atoms with E-state index in [1.165, 1.54) is 34.1 Å². The Bertz CT molecular complexity index is 685. The summed E-state index contributed by atoms with van der Waals surface area (Å²) in [6.45, 7) is 6.54. The first kappa shape index (κ1) is 18.3. The molecule has 0 spiro atoms. The van der Waals surface area contributed by atoms with Crippen molar-refractivity contribution in [2.24, 2.45) is 0 Å². The number of hydrogen-bond donors (Lipinski definition) is 0. The van der Waals surface area contributed by atoms with Gasteiger partial charge in [-0.1, -0.05) is 37.2 Å². The first-order valence-electron chi connectivity index (χ1n) is 8.08. The van der Waals surface area contributed by atoms with Crippen LogP contribution in [0.15, 0.2) is 58.6 Å². The first-order valence-corrected chi connectivity index (χ1v) is 8.89. The molecular weight excluding hydrogens is 415 g/mol. The Labute approximate surface area is 160 Å². The van der Waals surface area contributed by atoms with Gasteiger partial charge in [0.1, 0.15) is 6.54 Å². The van der Waals surface area contributed by atoms with Crippen LogP contribution in [0.2, 0.25) is 0 Å². The molecule has 0 fully saturated rings. The molecule has 1 aromatic heterocycles. The molecule has 2 nitrogen and oxygen atoms in total. The molecule has 0 saturated heterocycles. The molecule has 1 aromatic carbocycles. The van der Waals surface area contributed by atoms with Crippen LogP contribution in [0.25, 0.3) is 6.08 Å². The molecule has 0 saturated carbocycles. The van der Waals surface area contributed by atoms with Crippen molar-refractivity contribution in [2.75, 3.05) is 11.4 Å². The van der Waals surface area contributed by atoms with Gasteiger partial charge < -0.3 is 28.9 Å². The van der Waals surface area contributed by atoms with Gasteiger partial charge in [0.25, 0.3) is 0 Å². The van der Waals surface area contributed by atoms with Crippen LogP contribution in [0, 0.1) is 0 Å². The van der Waals surface area contributed by atoms with Gasteiger partial charge in [0.05, 0.1) is 10.7 Å². The third-order valence-electron chi connectivity index (χ3n) is 3.95. The molecule has 0 atom stereocenters. The second-order valence-electron chi connectivity index (χ2n) is 5.47. The predicted octanol–water partition coefficient (Wildman–Crippen LogP) is 1.71. The Morgan fingerprint density at radius 3 is 2.65 bits per heavy atom. The highest BCUT2D eigenvalue weighted by atomic mass is 127. The molecule has 2 aromatic rings. The molecule has 23 heavy (non-hydrogen) atoms. The monoisotopic (exact) mass is 438 g/mol. The lowest BCUT2D eigenvalue weighted by atomic mass is 10.2. The Kier molecular flexibility index (Phi) is 6.96. The molecule has 1 aliphatic heterocycles. The van der Waals surface area contributed by atoms with E-state index < -0.39 is 0 Å². The second kappa shape index (κ2) is 8.73. The average molecular weight is 438 g/mol. The van der Waals surface area contributed by atoms with Crippen LogP contribution < -0.4 is 33.4 Å². The molecule has 4 heteroatoms. The van der Waals surface area contributed by atoms with E-state index in [-0.39, 0.29) is 24.0 Å². The Morgan fingerprint density at radius 1 is 1.09 bits per heavy atom. The number of fused-ring (bicyclic) bond motifs is 1. The van der Waals surface area contributed by atoms with E-state index in [1.54, 1.807) is 0 Å². The summed E-state index contributed by atoms with van der Waals surface area (Å²) in [5.74, 6) is 0. The van der Waals surface area contributed by atoms with Crippen molar-refractivity contribution >= 4 is 23.5 Å². The van der Waals surface area contributed by atoms with Crippen molar-refractivity contribution in [3.05, 3.63) is 59.4 Å². The highest BCUT2D eigenvalue weighted by Gasteiger charge is 2.24. The summed E-state index contributed by atoms with van der Waals surface area (Å²) in [7, 11) is 0. The lowest BCUT2D eigenvalue weighted by molar-refractivity contribution is -0.699. The molecule has 0 radical (unpaired) electrons. The quantitative estimate of drug-likeness (QED) is 0.519. The summed E-state index contributed by atoms with van der Waals surface area (Å²) < 4.78 is 2.36. The van der Waals surface area contributed by atoms with E-state index in [1.807, 2.05) is 11.8 Å². The van der Waals surface area contributed by atoms with Crippen LogP contribution >= 0.6 is 11.8 Å². The predicted molar refractivity (Wildman–Crippen MR) is 94.8 cm³/mol. The maximum atomic E-state index is 2.40. The number of halogens is 1. The maximum absolute atomic E-state index is 2.40. The van der Waals surface area contributed by atoms with Gasteiger partial charge in [-0.25, -0.2) is 0 Å². The SMILES string of the molecule is CCCC[n+]1ccccc1/C=C1\Sc2ccccc2N1CC.[I-]. The number of pyridine rings is 1. The second-order valence-corrected chi connectivity index (χ2v) is 6.53. The lowest BCUT2D eigenvalue weighted by Crippen LogP contribution is -3.00. The average Bonchev–Trinajstić information content (AvgIpc) is 2.91. The number of anilines is 1. The molecule has 0 amide bonds. The lowest BCUT2D eigenvalue weighted by Gasteiger charge is -2.17. The summed E-state index contributed by atoms with van der Waals surface area (Å²) in [4.78, 5) is 3.75. The van der Waals surface area contributed by atoms with Crippen molar-refractivity contribution in [2.45, 2.75) is 38.1 Å². The molecule has 3 rings (SSSR count). The number of benzene rings is 1. The minimum atomic E-state index is 0. The van der Waals surface area contributed by atoms with E-state index in [0.29, 0.717) is 0 Å². The van der Waals surface area contributed by atoms with Crippen LogP contribution in [0.4, 0.5) is 5.69 Å². The van der Waals surface area contributed by atoms with Crippen molar-refractivity contribution in [3.8, 4) is 0 Å². The van der Waals surface area contributed by atoms with Crippen molar-refractivity contribution in [3.63, 3.8) is 0 Å². The molecule has 0 N–H and O–H groups in total. The highest BCUT2D eigenvalue weighted by molar-refractivity contribution is 8.03. The Morgan fingerprint density at radius 2 is 1.87 bits per heavy atom. The number of thioether (sulfide) groups is 1. The number of aryl methyl sites for hydroxylation is 1. The van der Waals surface area contributed by atoms with Gasteiger partial charge >= 0.3 is 0 Å². The van der Waals surface area contributed by atoms with Gasteiger partial charge in [-0.05, 0) is 25.1 Å². The Balaban J connectivity index is 0.00000192. The van der Waals surface area contributed by atoms with Gasteiger partial charge in [-0.3, -0.25) is 0 Å². The molecule has 1 aliphatic rings. The van der Waals surface area contributed by atoms with Crippen LogP contribution in [0.3, 0.4) is 0 Å². The minimum Gasteiger partial charge on any atom is -1.00 e. The largest absolute Gasteiger partial charge is 1.00 e. The fourth-order valence-electron chi connectivity index (χ4n) is 2.77. The number of para-hydroxylation sites is 1. The maximum Gasteiger partial charge on any atom is 0.207 e. The molecule has 2 heterocycles. The van der Waals surface area contributed by atoms with Crippen LogP contribution in [-0.4, -0.2) is 6.54 Å². The molecule has 122 valence electrons. The topological polar surface area (TPSA) is 7.12 Å². The summed E-state index contributed by atoms with van der Waals surface area (Å²) in [6.07, 6.45) is 6.95. The normalized spacial score (nSPS) is 14.7. The van der Waals surface area contributed by atoms with E-state index in [0.717, 1.165) is 13.1 Å². The number of hydrogen-bond acceptors (Lipinski definition) is 2. The number of aromatic nitrogens is 1. The fourth-order valence-corrected chi connectivity index (χ4v) is 3.94. The van der Waals surface area contributed by atoms with Crippen molar-refractivity contribution in [1.82, 2.24) is 0 Å². The number of nitrogens with zero attached hydrogens (tertiary/aromatic N) is 2. The summed E-state index contributed by atoms with van der Waals surface area (Å²) >= 11 is 1.87. The smallest absolute Gasteiger partial charge is 0.207 e. The number of unbranched alkanes of at least 4 members (excludes halogenated alkanes) is 1. The highest BCUT2D eigenvalue weighted by Crippen LogP contribution is 2.45. The van der Waals surface area contributed by atoms with Crippen LogP contribution in [-0.2, 0) is 6.54 Å². The zero-order valence-corrected chi connectivity index (χ0v) is 16.7. The Hall–Kier alpha value is -1.01. The summed E-state index contributed by atoms with van der Waals surface area (Å²) in [5, 5.41) is 1.32. The zero-order chi connectivity index (χ0) is 15.4. The van der Waals surface area contributed by atoms with Gasteiger partial charge in [-0.15, -0.1) is 0 Å². The third kappa shape index (κ3) is 4.10. The van der Waals surface area contributed by atoms with Gasteiger partial charge in [0.15, 0.2) is 6.20 Å². The van der Waals surface area contributed by atoms with E-state index in [4.69, 9.17) is 0 Å². The molecular formula is C19H23IN2S. The minimum absolute atomic E-state index is 0. The fraction of sp³-hybridized carbons (Fsp3) is 0.316. The molecule has 0 unspecified atom stereocenters. The standard InChI is InChI=1S/C19H23N2S.HI/c1-3-5-13-20-14-9-8-10-16(20)15-19-21(4-2)17-11-6-7-12-18(17)22-19;/h6-12,14-15H,3-5,13H2,1-2H3;1H/q+1;/p-1. The number of rotatable bonds is 5. The first-order chi connectivity index (χ1) is 10.8. The van der Waals surface area contributed by atoms with Crippen molar-refractivity contribution in [1.29, 1.82) is 0 Å². The van der Waals surface area contributed by atoms with Crippen LogP contribution in [0.1, 0.15) is 32.4 Å². The third-order valence-corrected chi connectivity index (χ3v) is 5.07. The van der Waals surface area contributed by atoms with Gasteiger partial charge in [-0.2, -0.15) is 4.57 Å². The summed E-state index contributed by atoms with van der Waals surface area (Å²) in [6, 6.07) is 15.1. The van der Waals surface area contributed by atoms with E-state index in [9.17, 15) is 0 Å². The summed E-state index contributed by atoms with van der Waals surface area (Å²) in [5.41, 5.74) is 2.61. The zero-order valence-electron chi connectivity index (χ0n) is 13.7. The van der Waals surface area contributed by atoms with Gasteiger partial charge in [0.2, 0.25) is 5.69 Å². The van der Waals surface area contributed by atoms with Crippen molar-refractivity contribution < 1.29 is 28.5 Å².